The third-order valence-corrected chi connectivity index (χ3v) is 4.05. The Morgan fingerprint density at radius 3 is 2.52 bits per heavy atom. The molecule has 112 valence electrons. The largest absolute Gasteiger partial charge is 0.340 e. The second-order valence-corrected chi connectivity index (χ2v) is 5.64. The van der Waals surface area contributed by atoms with E-state index in [2.05, 4.69) is 5.32 Å². The molecule has 1 aromatic rings. The normalized spacial score (nSPS) is 26.0. The number of halogens is 3. The first-order valence-corrected chi connectivity index (χ1v) is 6.60. The summed E-state index contributed by atoms with van der Waals surface area (Å²) in [5.41, 5.74) is -1.69. The van der Waals surface area contributed by atoms with Crippen molar-refractivity contribution in [1.82, 2.24) is 5.32 Å². The third-order valence-electron chi connectivity index (χ3n) is 4.05. The molecule has 0 spiro atoms. The van der Waals surface area contributed by atoms with Crippen LogP contribution in [0.15, 0.2) is 12.1 Å². The van der Waals surface area contributed by atoms with Crippen molar-refractivity contribution in [3.05, 3.63) is 29.6 Å². The molecule has 1 heterocycles. The van der Waals surface area contributed by atoms with Crippen molar-refractivity contribution >= 4 is 17.5 Å². The van der Waals surface area contributed by atoms with Gasteiger partial charge in [-0.05, 0) is 25.7 Å². The fraction of sp³-hybridized carbons (Fsp3) is 0.429. The van der Waals surface area contributed by atoms with Crippen LogP contribution in [0.2, 0.25) is 0 Å². The minimum atomic E-state index is -1.39. The predicted molar refractivity (Wildman–Crippen MR) is 67.9 cm³/mol. The molecule has 0 bridgehead atoms. The Balaban J connectivity index is 2.05. The maximum atomic E-state index is 13.9. The van der Waals surface area contributed by atoms with Gasteiger partial charge >= 0.3 is 0 Å². The van der Waals surface area contributed by atoms with Crippen molar-refractivity contribution in [2.45, 2.75) is 25.3 Å². The van der Waals surface area contributed by atoms with Crippen molar-refractivity contribution in [1.29, 1.82) is 0 Å². The van der Waals surface area contributed by atoms with Gasteiger partial charge in [0.2, 0.25) is 5.91 Å². The molecule has 1 saturated carbocycles. The van der Waals surface area contributed by atoms with Crippen LogP contribution in [-0.4, -0.2) is 23.9 Å². The molecule has 21 heavy (non-hydrogen) atoms. The van der Waals surface area contributed by atoms with Gasteiger partial charge in [0, 0.05) is 12.1 Å². The Hall–Kier alpha value is -2.05. The topological polar surface area (TPSA) is 49.4 Å². The minimum absolute atomic E-state index is 0.0294. The number of benzene rings is 1. The quantitative estimate of drug-likeness (QED) is 0.846. The number of hydrogen-bond acceptors (Lipinski definition) is 2. The molecule has 2 amide bonds. The summed E-state index contributed by atoms with van der Waals surface area (Å²) < 4.78 is 40.5. The summed E-state index contributed by atoms with van der Waals surface area (Å²) in [5, 5.41) is 2.61. The highest BCUT2D eigenvalue weighted by molar-refractivity contribution is 6.09. The van der Waals surface area contributed by atoms with E-state index in [0.29, 0.717) is 6.07 Å². The van der Waals surface area contributed by atoms with Gasteiger partial charge in [-0.1, -0.05) is 0 Å². The van der Waals surface area contributed by atoms with E-state index in [1.807, 2.05) is 0 Å². The summed E-state index contributed by atoms with van der Waals surface area (Å²) in [4.78, 5) is 25.2. The molecule has 1 aliphatic heterocycles. The summed E-state index contributed by atoms with van der Waals surface area (Å²) in [5.74, 6) is -4.79. The molecule has 0 aromatic heterocycles. The number of nitrogens with one attached hydrogen (secondary N) is 1. The average molecular weight is 298 g/mol. The van der Waals surface area contributed by atoms with E-state index in [9.17, 15) is 22.8 Å². The lowest BCUT2D eigenvalue weighted by Crippen LogP contribution is -2.66. The number of anilines is 1. The van der Waals surface area contributed by atoms with Crippen LogP contribution in [0, 0.1) is 23.4 Å². The molecule has 1 N–H and O–H groups in total. The van der Waals surface area contributed by atoms with Crippen LogP contribution >= 0.6 is 0 Å². The highest BCUT2D eigenvalue weighted by Gasteiger charge is 2.53. The van der Waals surface area contributed by atoms with Gasteiger partial charge in [-0.2, -0.15) is 0 Å². The Labute approximate surface area is 118 Å². The fourth-order valence-corrected chi connectivity index (χ4v) is 2.75. The summed E-state index contributed by atoms with van der Waals surface area (Å²) in [6.45, 7) is 1.10. The Morgan fingerprint density at radius 1 is 1.24 bits per heavy atom. The molecule has 0 radical (unpaired) electrons. The number of carbonyl (C=O) groups excluding carboxylic acids is 2. The van der Waals surface area contributed by atoms with Crippen LogP contribution in [0.4, 0.5) is 18.9 Å². The zero-order valence-corrected chi connectivity index (χ0v) is 11.3. The highest BCUT2D eigenvalue weighted by Crippen LogP contribution is 2.42. The fourth-order valence-electron chi connectivity index (χ4n) is 2.75. The molecule has 1 unspecified atom stereocenters. The van der Waals surface area contributed by atoms with Gasteiger partial charge in [-0.15, -0.1) is 0 Å². The van der Waals surface area contributed by atoms with Crippen LogP contribution in [0.25, 0.3) is 0 Å². The van der Waals surface area contributed by atoms with E-state index in [1.54, 1.807) is 6.92 Å². The lowest BCUT2D eigenvalue weighted by molar-refractivity contribution is -0.136. The minimum Gasteiger partial charge on any atom is -0.340 e. The second-order valence-electron chi connectivity index (χ2n) is 5.64. The molecule has 1 aromatic carbocycles. The molecule has 1 atom stereocenters. The summed E-state index contributed by atoms with van der Waals surface area (Å²) in [6, 6.07) is 1.12. The van der Waals surface area contributed by atoms with Gasteiger partial charge in [-0.3, -0.25) is 14.5 Å². The van der Waals surface area contributed by atoms with E-state index >= 15 is 0 Å². The third kappa shape index (κ3) is 2.16. The number of nitrogens with zero attached hydrogens (tertiary/aromatic N) is 1. The summed E-state index contributed by atoms with van der Waals surface area (Å²) in [7, 11) is 0. The standard InChI is InChI=1S/C14H13F3N2O2/c1-14(7-2-3-7)13(21)19(6-11(20)18-14)10-5-8(15)4-9(16)12(10)17/h4-5,7H,2-3,6H2,1H3,(H,18,20). The van der Waals surface area contributed by atoms with Crippen molar-refractivity contribution in [3.8, 4) is 0 Å². The smallest absolute Gasteiger partial charge is 0.253 e. The lowest BCUT2D eigenvalue weighted by Gasteiger charge is -2.40. The lowest BCUT2D eigenvalue weighted by atomic mass is 9.91. The first-order valence-electron chi connectivity index (χ1n) is 6.60. The van der Waals surface area contributed by atoms with Crippen LogP contribution in [0.5, 0.6) is 0 Å². The molecule has 2 fully saturated rings. The van der Waals surface area contributed by atoms with Gasteiger partial charge in [0.15, 0.2) is 11.6 Å². The molecule has 2 aliphatic rings. The second kappa shape index (κ2) is 4.47. The number of amides is 2. The molecule has 7 heteroatoms. The van der Waals surface area contributed by atoms with Crippen molar-refractivity contribution in [2.24, 2.45) is 5.92 Å². The summed E-state index contributed by atoms with van der Waals surface area (Å²) in [6.07, 6.45) is 1.55. The first kappa shape index (κ1) is 13.9. The van der Waals surface area contributed by atoms with E-state index in [0.717, 1.165) is 23.8 Å². The van der Waals surface area contributed by atoms with Gasteiger partial charge < -0.3 is 5.32 Å². The van der Waals surface area contributed by atoms with Crippen molar-refractivity contribution < 1.29 is 22.8 Å². The van der Waals surface area contributed by atoms with Crippen LogP contribution < -0.4 is 10.2 Å². The zero-order valence-electron chi connectivity index (χ0n) is 11.3. The Bertz CT molecular complexity index is 645. The molecular weight excluding hydrogens is 285 g/mol. The van der Waals surface area contributed by atoms with Gasteiger partial charge in [0.25, 0.3) is 5.91 Å². The Morgan fingerprint density at radius 2 is 1.90 bits per heavy atom. The summed E-state index contributed by atoms with van der Waals surface area (Å²) >= 11 is 0. The van der Waals surface area contributed by atoms with Crippen molar-refractivity contribution in [2.75, 3.05) is 11.4 Å². The molecular formula is C14H13F3N2O2. The zero-order chi connectivity index (χ0) is 15.4. The maximum absolute atomic E-state index is 13.9. The highest BCUT2D eigenvalue weighted by atomic mass is 19.2. The number of piperazine rings is 1. The van der Waals surface area contributed by atoms with E-state index in [4.69, 9.17) is 0 Å². The molecule has 1 saturated heterocycles. The number of rotatable bonds is 2. The average Bonchev–Trinajstić information content (AvgIpc) is 3.23. The van der Waals surface area contributed by atoms with E-state index < -0.39 is 47.0 Å². The molecule has 3 rings (SSSR count). The number of carbonyl (C=O) groups is 2. The monoisotopic (exact) mass is 298 g/mol. The van der Waals surface area contributed by atoms with Gasteiger partial charge in [0.05, 0.1) is 5.69 Å². The predicted octanol–water partition coefficient (Wildman–Crippen LogP) is 1.74. The van der Waals surface area contributed by atoms with Gasteiger partial charge in [-0.25, -0.2) is 13.2 Å². The SMILES string of the molecule is CC1(C2CC2)NC(=O)CN(c2cc(F)cc(F)c2F)C1=O. The van der Waals surface area contributed by atoms with E-state index in [1.165, 1.54) is 0 Å². The van der Waals surface area contributed by atoms with Crippen LogP contribution in [-0.2, 0) is 9.59 Å². The maximum Gasteiger partial charge on any atom is 0.253 e. The van der Waals surface area contributed by atoms with Crippen molar-refractivity contribution in [3.63, 3.8) is 0 Å². The van der Waals surface area contributed by atoms with Crippen LogP contribution in [0.3, 0.4) is 0 Å². The van der Waals surface area contributed by atoms with E-state index in [-0.39, 0.29) is 5.92 Å². The number of hydrogen-bond donors (Lipinski definition) is 1. The van der Waals surface area contributed by atoms with Crippen LogP contribution in [0.1, 0.15) is 19.8 Å². The molecule has 4 nitrogen and oxygen atoms in total. The first-order chi connectivity index (χ1) is 9.83. The van der Waals surface area contributed by atoms with Gasteiger partial charge in [0.1, 0.15) is 17.9 Å². The molecule has 1 aliphatic carbocycles. The Kier molecular flexibility index (Phi) is 2.96.